The minimum atomic E-state index is -1.06. The molecule has 1 aliphatic heterocycles. The Labute approximate surface area is 155 Å². The highest BCUT2D eigenvalue weighted by Gasteiger charge is 2.62. The Bertz CT molecular complexity index is 792. The number of ketones is 1. The summed E-state index contributed by atoms with van der Waals surface area (Å²) in [7, 11) is 0. The number of likely N-dealkylation sites (tertiary alicyclic amines) is 1. The molecule has 2 amide bonds. The van der Waals surface area contributed by atoms with Crippen LogP contribution in [-0.4, -0.2) is 41.1 Å². The summed E-state index contributed by atoms with van der Waals surface area (Å²) in [6, 6.07) is 3.84. The number of rotatable bonds is 5. The van der Waals surface area contributed by atoms with Gasteiger partial charge in [-0.3, -0.25) is 19.3 Å². The number of nitrogens with zero attached hydrogens (tertiary/aromatic N) is 1. The number of benzene rings is 1. The second-order valence-corrected chi connectivity index (χ2v) is 7.65. The van der Waals surface area contributed by atoms with E-state index in [1.807, 2.05) is 0 Å². The van der Waals surface area contributed by atoms with E-state index >= 15 is 0 Å². The van der Waals surface area contributed by atoms with Crippen molar-refractivity contribution in [3.05, 3.63) is 35.6 Å². The van der Waals surface area contributed by atoms with Crippen molar-refractivity contribution >= 4 is 23.6 Å². The molecule has 142 valence electrons. The number of halogens is 1. The number of ether oxygens (including phenoxy) is 1. The summed E-state index contributed by atoms with van der Waals surface area (Å²) in [6.45, 7) is 0.923. The summed E-state index contributed by atoms with van der Waals surface area (Å²) in [5, 5.41) is 0. The molecule has 1 heterocycles. The van der Waals surface area contributed by atoms with Crippen LogP contribution < -0.4 is 0 Å². The average Bonchev–Trinajstić information content (AvgIpc) is 3.33. The molecule has 5 atom stereocenters. The fourth-order valence-electron chi connectivity index (χ4n) is 4.90. The molecule has 6 nitrogen and oxygen atoms in total. The molecule has 4 rings (SSSR count). The smallest absolute Gasteiger partial charge is 0.329 e. The van der Waals surface area contributed by atoms with Gasteiger partial charge in [0.25, 0.3) is 0 Å². The number of amides is 2. The van der Waals surface area contributed by atoms with E-state index in [9.17, 15) is 23.6 Å². The van der Waals surface area contributed by atoms with E-state index in [1.165, 1.54) is 19.1 Å². The summed E-state index contributed by atoms with van der Waals surface area (Å²) in [5.74, 6) is -2.43. The fraction of sp³-hybridized carbons (Fsp3) is 0.500. The Morgan fingerprint density at radius 3 is 2.22 bits per heavy atom. The summed E-state index contributed by atoms with van der Waals surface area (Å²) in [5.41, 5.74) is 0.219. The highest BCUT2D eigenvalue weighted by molar-refractivity contribution is 6.08. The van der Waals surface area contributed by atoms with Crippen molar-refractivity contribution in [2.24, 2.45) is 23.7 Å². The molecule has 27 heavy (non-hydrogen) atoms. The van der Waals surface area contributed by atoms with Crippen LogP contribution in [-0.2, 0) is 19.1 Å². The molecule has 0 aromatic heterocycles. The SMILES string of the molecule is CC(C(=O)OCC(=O)c1ccc(F)cc1)N1C(=O)C2C3CCC(C3)C2C1=O. The van der Waals surface area contributed by atoms with Crippen molar-refractivity contribution < 1.29 is 28.3 Å². The van der Waals surface area contributed by atoms with Crippen LogP contribution in [0.5, 0.6) is 0 Å². The van der Waals surface area contributed by atoms with E-state index in [0.717, 1.165) is 36.3 Å². The van der Waals surface area contributed by atoms with Crippen LogP contribution in [0.1, 0.15) is 36.5 Å². The monoisotopic (exact) mass is 373 g/mol. The van der Waals surface area contributed by atoms with Crippen LogP contribution >= 0.6 is 0 Å². The predicted octanol–water partition coefficient (Wildman–Crippen LogP) is 1.97. The molecule has 0 spiro atoms. The molecule has 3 aliphatic rings. The average molecular weight is 373 g/mol. The molecule has 2 bridgehead atoms. The first kappa shape index (κ1) is 17.8. The minimum absolute atomic E-state index is 0.219. The number of carbonyl (C=O) groups excluding carboxylic acids is 4. The second-order valence-electron chi connectivity index (χ2n) is 7.65. The molecular formula is C20H20FNO5. The zero-order chi connectivity index (χ0) is 19.3. The standard InChI is InChI=1S/C20H20FNO5/c1-10(20(26)27-9-15(23)11-4-6-14(21)7-5-11)22-18(24)16-12-2-3-13(8-12)17(16)19(22)25/h4-7,10,12-13,16-17H,2-3,8-9H2,1H3. The molecule has 0 radical (unpaired) electrons. The van der Waals surface area contributed by atoms with Gasteiger partial charge in [-0.15, -0.1) is 0 Å². The quantitative estimate of drug-likeness (QED) is 0.448. The topological polar surface area (TPSA) is 80.8 Å². The van der Waals surface area contributed by atoms with Gasteiger partial charge < -0.3 is 4.74 Å². The molecule has 2 saturated carbocycles. The van der Waals surface area contributed by atoms with Crippen molar-refractivity contribution in [1.29, 1.82) is 0 Å². The van der Waals surface area contributed by atoms with Gasteiger partial charge in [0, 0.05) is 5.56 Å². The molecular weight excluding hydrogens is 353 g/mol. The Balaban J connectivity index is 1.39. The maximum atomic E-state index is 12.9. The van der Waals surface area contributed by atoms with Crippen molar-refractivity contribution in [1.82, 2.24) is 4.90 Å². The van der Waals surface area contributed by atoms with Crippen LogP contribution in [0, 0.1) is 29.5 Å². The van der Waals surface area contributed by atoms with Crippen LogP contribution in [0.3, 0.4) is 0 Å². The van der Waals surface area contributed by atoms with E-state index in [0.29, 0.717) is 0 Å². The van der Waals surface area contributed by atoms with Crippen molar-refractivity contribution in [2.75, 3.05) is 6.61 Å². The molecule has 7 heteroatoms. The zero-order valence-electron chi connectivity index (χ0n) is 14.9. The van der Waals surface area contributed by atoms with Gasteiger partial charge >= 0.3 is 5.97 Å². The number of imide groups is 1. The number of hydrogen-bond donors (Lipinski definition) is 0. The zero-order valence-corrected chi connectivity index (χ0v) is 14.9. The highest BCUT2D eigenvalue weighted by Crippen LogP contribution is 2.56. The van der Waals surface area contributed by atoms with E-state index in [-0.39, 0.29) is 41.0 Å². The number of fused-ring (bicyclic) bond motifs is 5. The first-order valence-electron chi connectivity index (χ1n) is 9.20. The molecule has 1 saturated heterocycles. The van der Waals surface area contributed by atoms with E-state index in [2.05, 4.69) is 0 Å². The van der Waals surface area contributed by atoms with Gasteiger partial charge in [-0.25, -0.2) is 9.18 Å². The lowest BCUT2D eigenvalue weighted by Crippen LogP contribution is -2.45. The molecule has 2 aliphatic carbocycles. The lowest BCUT2D eigenvalue weighted by Gasteiger charge is -2.22. The lowest BCUT2D eigenvalue weighted by atomic mass is 9.81. The second kappa shape index (κ2) is 6.55. The van der Waals surface area contributed by atoms with E-state index < -0.39 is 30.2 Å². The number of hydrogen-bond acceptors (Lipinski definition) is 5. The van der Waals surface area contributed by atoms with Gasteiger partial charge in [0.15, 0.2) is 12.4 Å². The number of Topliss-reactive ketones (excluding diaryl/α,β-unsaturated/α-hetero) is 1. The van der Waals surface area contributed by atoms with Crippen LogP contribution in [0.2, 0.25) is 0 Å². The summed E-state index contributed by atoms with van der Waals surface area (Å²) in [6.07, 6.45) is 2.85. The van der Waals surface area contributed by atoms with Gasteiger partial charge in [0.05, 0.1) is 11.8 Å². The molecule has 1 aromatic carbocycles. The van der Waals surface area contributed by atoms with Gasteiger partial charge in [-0.05, 0) is 62.3 Å². The van der Waals surface area contributed by atoms with Crippen LogP contribution in [0.25, 0.3) is 0 Å². The van der Waals surface area contributed by atoms with Gasteiger partial charge in [0.1, 0.15) is 11.9 Å². The number of esters is 1. The predicted molar refractivity (Wildman–Crippen MR) is 90.8 cm³/mol. The maximum absolute atomic E-state index is 12.9. The van der Waals surface area contributed by atoms with E-state index in [4.69, 9.17) is 4.74 Å². The lowest BCUT2D eigenvalue weighted by molar-refractivity contribution is -0.157. The molecule has 0 N–H and O–H groups in total. The third-order valence-electron chi connectivity index (χ3n) is 6.20. The van der Waals surface area contributed by atoms with Crippen LogP contribution in [0.15, 0.2) is 24.3 Å². The summed E-state index contributed by atoms with van der Waals surface area (Å²) in [4.78, 5) is 50.8. The van der Waals surface area contributed by atoms with Gasteiger partial charge in [-0.2, -0.15) is 0 Å². The Kier molecular flexibility index (Phi) is 4.32. The van der Waals surface area contributed by atoms with Crippen molar-refractivity contribution in [3.8, 4) is 0 Å². The van der Waals surface area contributed by atoms with Crippen LogP contribution in [0.4, 0.5) is 4.39 Å². The Hall–Kier alpha value is -2.57. The Morgan fingerprint density at radius 2 is 1.67 bits per heavy atom. The van der Waals surface area contributed by atoms with Gasteiger partial charge in [0.2, 0.25) is 11.8 Å². The molecule has 5 unspecified atom stereocenters. The molecule has 3 fully saturated rings. The van der Waals surface area contributed by atoms with Crippen molar-refractivity contribution in [2.45, 2.75) is 32.2 Å². The Morgan fingerprint density at radius 1 is 1.11 bits per heavy atom. The maximum Gasteiger partial charge on any atom is 0.329 e. The van der Waals surface area contributed by atoms with E-state index in [1.54, 1.807) is 0 Å². The third-order valence-corrected chi connectivity index (χ3v) is 6.20. The number of carbonyl (C=O) groups is 4. The fourth-order valence-corrected chi connectivity index (χ4v) is 4.90. The van der Waals surface area contributed by atoms with Crippen molar-refractivity contribution in [3.63, 3.8) is 0 Å². The first-order chi connectivity index (χ1) is 12.9. The van der Waals surface area contributed by atoms with Gasteiger partial charge in [-0.1, -0.05) is 0 Å². The minimum Gasteiger partial charge on any atom is -0.456 e. The normalized spacial score (nSPS) is 29.8. The summed E-state index contributed by atoms with van der Waals surface area (Å²) < 4.78 is 17.9. The highest BCUT2D eigenvalue weighted by atomic mass is 19.1. The largest absolute Gasteiger partial charge is 0.456 e. The summed E-state index contributed by atoms with van der Waals surface area (Å²) >= 11 is 0. The third kappa shape index (κ3) is 2.85. The molecule has 1 aromatic rings. The first-order valence-corrected chi connectivity index (χ1v) is 9.20.